The van der Waals surface area contributed by atoms with Gasteiger partial charge in [0.15, 0.2) is 9.84 Å². The van der Waals surface area contributed by atoms with Crippen LogP contribution >= 0.6 is 0 Å². The second-order valence-electron chi connectivity index (χ2n) is 7.08. The van der Waals surface area contributed by atoms with E-state index in [4.69, 9.17) is 0 Å². The van der Waals surface area contributed by atoms with Crippen LogP contribution in [0.3, 0.4) is 0 Å². The fourth-order valence-corrected chi connectivity index (χ4v) is 3.83. The Morgan fingerprint density at radius 1 is 1.08 bits per heavy atom. The van der Waals surface area contributed by atoms with Gasteiger partial charge in [-0.25, -0.2) is 8.42 Å². The van der Waals surface area contributed by atoms with Gasteiger partial charge in [0.2, 0.25) is 5.91 Å². The maximum Gasteiger partial charge on any atom is 0.236 e. The normalized spacial score (nSPS) is 17.8. The first-order chi connectivity index (χ1) is 11.8. The zero-order valence-electron chi connectivity index (χ0n) is 15.6. The number of rotatable bonds is 5. The number of likely N-dealkylation sites (N-methyl/N-ethyl adjacent to an activating group) is 1. The van der Waals surface area contributed by atoms with Crippen LogP contribution in [0.25, 0.3) is 0 Å². The molecule has 1 aromatic carbocycles. The smallest absolute Gasteiger partial charge is 0.236 e. The van der Waals surface area contributed by atoms with Crippen molar-refractivity contribution in [2.24, 2.45) is 0 Å². The third-order valence-corrected chi connectivity index (χ3v) is 6.17. The summed E-state index contributed by atoms with van der Waals surface area (Å²) in [5, 5.41) is 0. The number of hydrogen-bond donors (Lipinski definition) is 0. The van der Waals surface area contributed by atoms with Crippen LogP contribution in [0.4, 0.5) is 0 Å². The summed E-state index contributed by atoms with van der Waals surface area (Å²) in [6.07, 6.45) is 7.10. The van der Waals surface area contributed by atoms with Crippen molar-refractivity contribution < 1.29 is 13.2 Å². The molecule has 1 amide bonds. The third-order valence-electron chi connectivity index (χ3n) is 5.05. The summed E-state index contributed by atoms with van der Waals surface area (Å²) in [6.45, 7) is 4.15. The molecule has 6 heteroatoms. The fraction of sp³-hybridized carbons (Fsp3) is 0.632. The minimum absolute atomic E-state index is 0.0484. The molecule has 1 aromatic rings. The highest BCUT2D eigenvalue weighted by molar-refractivity contribution is 7.90. The molecule has 0 spiro atoms. The Kier molecular flexibility index (Phi) is 7.02. The lowest BCUT2D eigenvalue weighted by Crippen LogP contribution is -2.41. The molecule has 1 aliphatic heterocycles. The standard InChI is InChI=1S/C19H30N2O3S/c1-16(17-9-11-18(12-10-17)25(3,23)24)20(2)15-19(22)21-13-7-5-4-6-8-14-21/h9-12,16H,4-8,13-15H2,1-3H3. The molecule has 1 unspecified atom stereocenters. The lowest BCUT2D eigenvalue weighted by molar-refractivity contribution is -0.132. The molecule has 25 heavy (non-hydrogen) atoms. The van der Waals surface area contributed by atoms with Crippen LogP contribution < -0.4 is 0 Å². The van der Waals surface area contributed by atoms with Crippen LogP contribution in [-0.2, 0) is 14.6 Å². The van der Waals surface area contributed by atoms with Crippen LogP contribution in [0.2, 0.25) is 0 Å². The van der Waals surface area contributed by atoms with Crippen LogP contribution in [-0.4, -0.2) is 57.1 Å². The Balaban J connectivity index is 1.96. The van der Waals surface area contributed by atoms with Crippen LogP contribution in [0.1, 0.15) is 50.6 Å². The largest absolute Gasteiger partial charge is 0.342 e. The summed E-state index contributed by atoms with van der Waals surface area (Å²) in [5.74, 6) is 0.184. The Hall–Kier alpha value is -1.40. The first-order valence-corrected chi connectivity index (χ1v) is 11.0. The monoisotopic (exact) mass is 366 g/mol. The lowest BCUT2D eigenvalue weighted by atomic mass is 10.1. The van der Waals surface area contributed by atoms with Crippen molar-refractivity contribution in [3.05, 3.63) is 29.8 Å². The Bertz CT molecular complexity index is 662. The van der Waals surface area contributed by atoms with E-state index in [0.717, 1.165) is 31.5 Å². The summed E-state index contributed by atoms with van der Waals surface area (Å²) < 4.78 is 23.1. The van der Waals surface area contributed by atoms with Crippen molar-refractivity contribution >= 4 is 15.7 Å². The number of sulfone groups is 1. The van der Waals surface area contributed by atoms with Crippen molar-refractivity contribution in [2.75, 3.05) is 32.9 Å². The van der Waals surface area contributed by atoms with Gasteiger partial charge in [0.05, 0.1) is 11.4 Å². The molecule has 0 aromatic heterocycles. The molecule has 1 saturated heterocycles. The van der Waals surface area contributed by atoms with E-state index in [1.54, 1.807) is 12.1 Å². The van der Waals surface area contributed by atoms with Crippen molar-refractivity contribution in [1.82, 2.24) is 9.80 Å². The van der Waals surface area contributed by atoms with Gasteiger partial charge in [0.1, 0.15) is 0 Å². The number of hydrogen-bond acceptors (Lipinski definition) is 4. The van der Waals surface area contributed by atoms with E-state index in [-0.39, 0.29) is 11.9 Å². The third kappa shape index (κ3) is 5.82. The zero-order chi connectivity index (χ0) is 18.4. The molecule has 140 valence electrons. The van der Waals surface area contributed by atoms with E-state index >= 15 is 0 Å². The van der Waals surface area contributed by atoms with Gasteiger partial charge in [-0.2, -0.15) is 0 Å². The zero-order valence-corrected chi connectivity index (χ0v) is 16.4. The fourth-order valence-electron chi connectivity index (χ4n) is 3.20. The van der Waals surface area contributed by atoms with Crippen molar-refractivity contribution in [3.8, 4) is 0 Å². The molecule has 1 heterocycles. The van der Waals surface area contributed by atoms with Gasteiger partial charge in [-0.15, -0.1) is 0 Å². The lowest BCUT2D eigenvalue weighted by Gasteiger charge is -2.30. The highest BCUT2D eigenvalue weighted by atomic mass is 32.2. The number of amides is 1. The Labute approximate surface area is 151 Å². The molecule has 0 radical (unpaired) electrons. The van der Waals surface area contributed by atoms with Gasteiger partial charge in [-0.1, -0.05) is 31.4 Å². The molecule has 0 aliphatic carbocycles. The average Bonchev–Trinajstić information content (AvgIpc) is 2.53. The Morgan fingerprint density at radius 3 is 2.12 bits per heavy atom. The van der Waals surface area contributed by atoms with Gasteiger partial charge in [0.25, 0.3) is 0 Å². The molecule has 1 aliphatic rings. The summed E-state index contributed by atoms with van der Waals surface area (Å²) in [5.41, 5.74) is 1.01. The molecule has 1 fully saturated rings. The maximum atomic E-state index is 12.6. The highest BCUT2D eigenvalue weighted by Crippen LogP contribution is 2.21. The molecule has 5 nitrogen and oxygen atoms in total. The van der Waals surface area contributed by atoms with Gasteiger partial charge < -0.3 is 4.90 Å². The molecular formula is C19H30N2O3S. The SMILES string of the molecule is CC(c1ccc(S(C)(=O)=O)cc1)N(C)CC(=O)N1CCCCCCC1. The quantitative estimate of drug-likeness (QED) is 0.804. The minimum Gasteiger partial charge on any atom is -0.342 e. The van der Waals surface area contributed by atoms with Crippen molar-refractivity contribution in [2.45, 2.75) is 50.0 Å². The number of nitrogens with zero attached hydrogens (tertiary/aromatic N) is 2. The number of carbonyl (C=O) groups excluding carboxylic acids is 1. The predicted octanol–water partition coefficient (Wildman–Crippen LogP) is 2.88. The minimum atomic E-state index is -3.18. The van der Waals surface area contributed by atoms with E-state index in [2.05, 4.69) is 0 Å². The number of benzene rings is 1. The summed E-state index contributed by atoms with van der Waals surface area (Å²) in [6, 6.07) is 6.98. The summed E-state index contributed by atoms with van der Waals surface area (Å²) in [4.78, 5) is 16.9. The van der Waals surface area contributed by atoms with Crippen molar-refractivity contribution in [3.63, 3.8) is 0 Å². The summed E-state index contributed by atoms with van der Waals surface area (Å²) >= 11 is 0. The second kappa shape index (κ2) is 8.81. The van der Waals surface area contributed by atoms with Crippen LogP contribution in [0.15, 0.2) is 29.2 Å². The number of carbonyl (C=O) groups is 1. The molecular weight excluding hydrogens is 336 g/mol. The topological polar surface area (TPSA) is 57.7 Å². The average molecular weight is 367 g/mol. The summed E-state index contributed by atoms with van der Waals surface area (Å²) in [7, 11) is -1.24. The molecule has 1 atom stereocenters. The van der Waals surface area contributed by atoms with Crippen LogP contribution in [0.5, 0.6) is 0 Å². The first kappa shape index (κ1) is 19.9. The van der Waals surface area contributed by atoms with Gasteiger partial charge in [-0.05, 0) is 44.5 Å². The highest BCUT2D eigenvalue weighted by Gasteiger charge is 2.20. The van der Waals surface area contributed by atoms with E-state index < -0.39 is 9.84 Å². The van der Waals surface area contributed by atoms with E-state index in [1.807, 2.05) is 35.9 Å². The molecule has 0 N–H and O–H groups in total. The van der Waals surface area contributed by atoms with Gasteiger partial charge >= 0.3 is 0 Å². The Morgan fingerprint density at radius 2 is 1.60 bits per heavy atom. The molecule has 0 saturated carbocycles. The van der Waals surface area contributed by atoms with Crippen LogP contribution in [0, 0.1) is 0 Å². The van der Waals surface area contributed by atoms with Crippen molar-refractivity contribution in [1.29, 1.82) is 0 Å². The predicted molar refractivity (Wildman–Crippen MR) is 100 cm³/mol. The van der Waals surface area contributed by atoms with E-state index in [9.17, 15) is 13.2 Å². The molecule has 0 bridgehead atoms. The first-order valence-electron chi connectivity index (χ1n) is 9.07. The van der Waals surface area contributed by atoms with Gasteiger partial charge in [-0.3, -0.25) is 9.69 Å². The number of likely N-dealkylation sites (tertiary alicyclic amines) is 1. The molecule has 2 rings (SSSR count). The van der Waals surface area contributed by atoms with E-state index in [0.29, 0.717) is 11.4 Å². The maximum absolute atomic E-state index is 12.6. The second-order valence-corrected chi connectivity index (χ2v) is 9.10. The van der Waals surface area contributed by atoms with Gasteiger partial charge in [0, 0.05) is 25.4 Å². The van der Waals surface area contributed by atoms with E-state index in [1.165, 1.54) is 25.5 Å².